The van der Waals surface area contributed by atoms with E-state index in [4.69, 9.17) is 0 Å². The van der Waals surface area contributed by atoms with Gasteiger partial charge in [0.1, 0.15) is 5.82 Å². The molecule has 3 heteroatoms. The number of hydrogen-bond donors (Lipinski definition) is 0. The van der Waals surface area contributed by atoms with Crippen molar-refractivity contribution >= 4 is 21.7 Å². The van der Waals surface area contributed by atoms with Crippen LogP contribution in [-0.4, -0.2) is 5.78 Å². The quantitative estimate of drug-likeness (QED) is 0.759. The Labute approximate surface area is 90.8 Å². The van der Waals surface area contributed by atoms with Gasteiger partial charge in [-0.2, -0.15) is 0 Å². The molecule has 1 nitrogen and oxygen atoms in total. The van der Waals surface area contributed by atoms with Crippen molar-refractivity contribution in [2.24, 2.45) is 0 Å². The van der Waals surface area contributed by atoms with Crippen LogP contribution >= 0.6 is 15.9 Å². The summed E-state index contributed by atoms with van der Waals surface area (Å²) in [5, 5.41) is 0. The number of carbonyl (C=O) groups excluding carboxylic acids is 1. The van der Waals surface area contributed by atoms with Crippen molar-refractivity contribution in [3.8, 4) is 0 Å². The summed E-state index contributed by atoms with van der Waals surface area (Å²) in [5.41, 5.74) is 0.800. The third-order valence-electron chi connectivity index (χ3n) is 1.73. The van der Waals surface area contributed by atoms with E-state index in [9.17, 15) is 9.18 Å². The zero-order chi connectivity index (χ0) is 10.6. The van der Waals surface area contributed by atoms with Crippen LogP contribution in [0.2, 0.25) is 0 Å². The first-order valence-corrected chi connectivity index (χ1v) is 5.02. The molecule has 0 saturated carbocycles. The molecular weight excluding hydrogens is 247 g/mol. The molecule has 14 heavy (non-hydrogen) atoms. The molecule has 0 fully saturated rings. The molecule has 0 spiro atoms. The van der Waals surface area contributed by atoms with E-state index in [1.54, 1.807) is 19.1 Å². The maximum Gasteiger partial charge on any atom is 0.159 e. The lowest BCUT2D eigenvalue weighted by Gasteiger charge is -2.01. The molecule has 0 saturated heterocycles. The normalized spacial score (nSPS) is 10.8. The average Bonchev–Trinajstić information content (AvgIpc) is 2.10. The van der Waals surface area contributed by atoms with Crippen LogP contribution in [-0.2, 0) is 11.2 Å². The van der Waals surface area contributed by atoms with Crippen LogP contribution in [0.25, 0.3) is 0 Å². The van der Waals surface area contributed by atoms with Gasteiger partial charge in [-0.05, 0) is 30.7 Å². The molecule has 0 aliphatic carbocycles. The summed E-state index contributed by atoms with van der Waals surface area (Å²) in [6.07, 6.45) is 3.50. The summed E-state index contributed by atoms with van der Waals surface area (Å²) >= 11 is 3.21. The van der Waals surface area contributed by atoms with E-state index >= 15 is 0 Å². The summed E-state index contributed by atoms with van der Waals surface area (Å²) < 4.78 is 13.3. The van der Waals surface area contributed by atoms with E-state index in [1.165, 1.54) is 18.2 Å². The van der Waals surface area contributed by atoms with E-state index in [1.807, 2.05) is 0 Å². The highest BCUT2D eigenvalue weighted by Crippen LogP contribution is 2.18. The van der Waals surface area contributed by atoms with E-state index in [0.717, 1.165) is 5.56 Å². The Morgan fingerprint density at radius 1 is 1.57 bits per heavy atom. The van der Waals surface area contributed by atoms with Gasteiger partial charge in [0, 0.05) is 10.9 Å². The predicted octanol–water partition coefficient (Wildman–Crippen LogP) is 3.28. The third kappa shape index (κ3) is 3.07. The first-order valence-electron chi connectivity index (χ1n) is 4.23. The lowest BCUT2D eigenvalue weighted by Crippen LogP contribution is -1.99. The molecule has 0 amide bonds. The molecule has 0 aliphatic rings. The molecule has 1 aromatic carbocycles. The second-order valence-electron chi connectivity index (χ2n) is 2.88. The minimum atomic E-state index is -0.306. The topological polar surface area (TPSA) is 17.1 Å². The molecule has 0 bridgehead atoms. The number of halogens is 2. The Morgan fingerprint density at radius 3 is 2.86 bits per heavy atom. The molecule has 0 atom stereocenters. The van der Waals surface area contributed by atoms with Crippen LogP contribution in [0, 0.1) is 5.82 Å². The Morgan fingerprint density at radius 2 is 2.29 bits per heavy atom. The van der Waals surface area contributed by atoms with Crippen molar-refractivity contribution in [3.05, 3.63) is 46.2 Å². The van der Waals surface area contributed by atoms with E-state index < -0.39 is 0 Å². The van der Waals surface area contributed by atoms with Crippen LogP contribution in [0.1, 0.15) is 12.5 Å². The van der Waals surface area contributed by atoms with Crippen molar-refractivity contribution < 1.29 is 9.18 Å². The summed E-state index contributed by atoms with van der Waals surface area (Å²) in [6.45, 7) is 1.79. The number of allylic oxidation sites excluding steroid dienone is 2. The number of carbonyl (C=O) groups is 1. The van der Waals surface area contributed by atoms with Crippen LogP contribution in [0.5, 0.6) is 0 Å². The molecule has 0 aliphatic heterocycles. The van der Waals surface area contributed by atoms with Gasteiger partial charge >= 0.3 is 0 Å². The SMILES string of the molecule is C/C=C\C(=O)Cc1ccc(F)cc1Br. The zero-order valence-corrected chi connectivity index (χ0v) is 9.34. The van der Waals surface area contributed by atoms with Gasteiger partial charge in [0.05, 0.1) is 0 Å². The van der Waals surface area contributed by atoms with Crippen LogP contribution in [0.15, 0.2) is 34.8 Å². The lowest BCUT2D eigenvalue weighted by atomic mass is 10.1. The van der Waals surface area contributed by atoms with Crippen LogP contribution < -0.4 is 0 Å². The molecule has 1 aromatic rings. The highest BCUT2D eigenvalue weighted by Gasteiger charge is 2.04. The number of ketones is 1. The fourth-order valence-corrected chi connectivity index (χ4v) is 1.59. The van der Waals surface area contributed by atoms with E-state index in [2.05, 4.69) is 15.9 Å². The Bertz CT molecular complexity index is 372. The molecule has 0 N–H and O–H groups in total. The predicted molar refractivity (Wildman–Crippen MR) is 57.6 cm³/mol. The van der Waals surface area contributed by atoms with E-state index in [0.29, 0.717) is 10.9 Å². The van der Waals surface area contributed by atoms with Crippen LogP contribution in [0.4, 0.5) is 4.39 Å². The Kier molecular flexibility index (Phi) is 4.01. The molecule has 0 heterocycles. The maximum absolute atomic E-state index is 12.7. The fraction of sp³-hybridized carbons (Fsp3) is 0.182. The second-order valence-corrected chi connectivity index (χ2v) is 3.73. The number of hydrogen-bond acceptors (Lipinski definition) is 1. The summed E-state index contributed by atoms with van der Waals surface area (Å²) in [4.78, 5) is 11.2. The summed E-state index contributed by atoms with van der Waals surface area (Å²) in [6, 6.07) is 4.32. The standard InChI is InChI=1S/C11H10BrFO/c1-2-3-10(14)6-8-4-5-9(13)7-11(8)12/h2-5,7H,6H2,1H3/b3-2-. The van der Waals surface area contributed by atoms with Crippen molar-refractivity contribution in [1.29, 1.82) is 0 Å². The van der Waals surface area contributed by atoms with Gasteiger partial charge in [-0.15, -0.1) is 0 Å². The van der Waals surface area contributed by atoms with Gasteiger partial charge in [-0.25, -0.2) is 4.39 Å². The van der Waals surface area contributed by atoms with Crippen LogP contribution in [0.3, 0.4) is 0 Å². The third-order valence-corrected chi connectivity index (χ3v) is 2.47. The minimum Gasteiger partial charge on any atom is -0.294 e. The van der Waals surface area contributed by atoms with Crippen molar-refractivity contribution in [1.82, 2.24) is 0 Å². The molecule has 1 rings (SSSR count). The lowest BCUT2D eigenvalue weighted by molar-refractivity contribution is -0.114. The monoisotopic (exact) mass is 256 g/mol. The molecule has 0 radical (unpaired) electrons. The smallest absolute Gasteiger partial charge is 0.159 e. The van der Waals surface area contributed by atoms with Crippen molar-refractivity contribution in [2.75, 3.05) is 0 Å². The van der Waals surface area contributed by atoms with Gasteiger partial charge in [-0.3, -0.25) is 4.79 Å². The largest absolute Gasteiger partial charge is 0.294 e. The van der Waals surface area contributed by atoms with Gasteiger partial charge in [0.15, 0.2) is 5.78 Å². The van der Waals surface area contributed by atoms with Gasteiger partial charge in [0.25, 0.3) is 0 Å². The zero-order valence-electron chi connectivity index (χ0n) is 7.76. The van der Waals surface area contributed by atoms with Gasteiger partial charge in [-0.1, -0.05) is 28.1 Å². The Hall–Kier alpha value is -0.960. The maximum atomic E-state index is 12.7. The second kappa shape index (κ2) is 5.05. The molecule has 74 valence electrons. The summed E-state index contributed by atoms with van der Waals surface area (Å²) in [7, 11) is 0. The molecule has 0 unspecified atom stereocenters. The highest BCUT2D eigenvalue weighted by atomic mass is 79.9. The average molecular weight is 257 g/mol. The molecular formula is C11H10BrFO. The van der Waals surface area contributed by atoms with E-state index in [-0.39, 0.29) is 11.6 Å². The first kappa shape index (κ1) is 11.1. The van der Waals surface area contributed by atoms with Gasteiger partial charge < -0.3 is 0 Å². The van der Waals surface area contributed by atoms with Gasteiger partial charge in [0.2, 0.25) is 0 Å². The Balaban J connectivity index is 2.82. The number of benzene rings is 1. The first-order chi connectivity index (χ1) is 6.63. The molecule has 0 aromatic heterocycles. The number of rotatable bonds is 3. The fourth-order valence-electron chi connectivity index (χ4n) is 1.10. The minimum absolute atomic E-state index is 0.0137. The van der Waals surface area contributed by atoms with Crippen molar-refractivity contribution in [2.45, 2.75) is 13.3 Å². The summed E-state index contributed by atoms with van der Waals surface area (Å²) in [5.74, 6) is -0.293. The highest BCUT2D eigenvalue weighted by molar-refractivity contribution is 9.10. The van der Waals surface area contributed by atoms with Crippen molar-refractivity contribution in [3.63, 3.8) is 0 Å².